The van der Waals surface area contributed by atoms with E-state index in [0.717, 1.165) is 16.9 Å². The molecule has 1 aromatic heterocycles. The molecule has 0 atom stereocenters. The molecule has 0 aliphatic rings. The summed E-state index contributed by atoms with van der Waals surface area (Å²) >= 11 is 0. The van der Waals surface area contributed by atoms with Gasteiger partial charge in [0.05, 0.1) is 12.0 Å². The van der Waals surface area contributed by atoms with Crippen LogP contribution in [0.25, 0.3) is 0 Å². The van der Waals surface area contributed by atoms with Crippen LogP contribution >= 0.6 is 0 Å². The average Bonchev–Trinajstić information content (AvgIpc) is 2.74. The summed E-state index contributed by atoms with van der Waals surface area (Å²) in [5.74, 6) is 1.75. The molecule has 0 spiro atoms. The van der Waals surface area contributed by atoms with Crippen molar-refractivity contribution in [3.8, 4) is 5.75 Å². The predicted octanol–water partition coefficient (Wildman–Crippen LogP) is 3.85. The molecule has 2 aromatic carbocycles. The van der Waals surface area contributed by atoms with Crippen LogP contribution in [0.15, 0.2) is 47.4 Å². The molecule has 0 bridgehead atoms. The Hall–Kier alpha value is -3.17. The van der Waals surface area contributed by atoms with Gasteiger partial charge in [0.15, 0.2) is 0 Å². The molecule has 1 heterocycles. The zero-order valence-corrected chi connectivity index (χ0v) is 19.8. The van der Waals surface area contributed by atoms with Crippen LogP contribution in [-0.2, 0) is 10.0 Å². The largest absolute Gasteiger partial charge is 0.496 e. The molecule has 0 unspecified atom stereocenters. The molecule has 9 heteroatoms. The third kappa shape index (κ3) is 5.95. The zero-order chi connectivity index (χ0) is 23.3. The first-order valence-corrected chi connectivity index (χ1v) is 11.7. The SMILES string of the molecule is COc1cc(C)c(S(=O)(=O)NCCNc2nc(C)cc(Nc3ccc(C)cc3)n2)cc1C. The van der Waals surface area contributed by atoms with Gasteiger partial charge < -0.3 is 15.4 Å². The first kappa shape index (κ1) is 23.5. The molecule has 3 aromatic rings. The van der Waals surface area contributed by atoms with E-state index < -0.39 is 10.0 Å². The Kier molecular flexibility index (Phi) is 7.32. The van der Waals surface area contributed by atoms with Gasteiger partial charge in [-0.15, -0.1) is 0 Å². The van der Waals surface area contributed by atoms with E-state index >= 15 is 0 Å². The van der Waals surface area contributed by atoms with Gasteiger partial charge in [-0.1, -0.05) is 17.7 Å². The summed E-state index contributed by atoms with van der Waals surface area (Å²) < 4.78 is 33.3. The summed E-state index contributed by atoms with van der Waals surface area (Å²) in [4.78, 5) is 9.08. The second-order valence-corrected chi connectivity index (χ2v) is 9.36. The average molecular weight is 456 g/mol. The van der Waals surface area contributed by atoms with Gasteiger partial charge in [-0.05, 0) is 63.1 Å². The van der Waals surface area contributed by atoms with Crippen molar-refractivity contribution in [2.75, 3.05) is 30.8 Å². The van der Waals surface area contributed by atoms with Crippen molar-refractivity contribution >= 4 is 27.5 Å². The standard InChI is InChI=1S/C23H29N5O3S/c1-15-6-8-19(9-7-15)27-22-14-18(4)26-23(28-22)24-10-11-25-32(29,30)21-13-16(2)20(31-5)12-17(21)3/h6-9,12-14,25H,10-11H2,1-5H3,(H2,24,26,27,28). The topological polar surface area (TPSA) is 105 Å². The third-order valence-corrected chi connectivity index (χ3v) is 6.46. The molecule has 32 heavy (non-hydrogen) atoms. The summed E-state index contributed by atoms with van der Waals surface area (Å²) in [6.45, 7) is 8.00. The Labute approximate surface area is 189 Å². The Morgan fingerprint density at radius 3 is 2.31 bits per heavy atom. The summed E-state index contributed by atoms with van der Waals surface area (Å²) in [5, 5.41) is 6.34. The van der Waals surface area contributed by atoms with Crippen LogP contribution in [0.3, 0.4) is 0 Å². The van der Waals surface area contributed by atoms with Gasteiger partial charge in [0, 0.05) is 30.5 Å². The maximum absolute atomic E-state index is 12.7. The number of nitrogens with one attached hydrogen (secondary N) is 3. The number of rotatable bonds is 9. The maximum atomic E-state index is 12.7. The molecule has 0 amide bonds. The zero-order valence-electron chi connectivity index (χ0n) is 19.0. The normalized spacial score (nSPS) is 11.3. The lowest BCUT2D eigenvalue weighted by atomic mass is 10.1. The number of ether oxygens (including phenoxy) is 1. The monoisotopic (exact) mass is 455 g/mol. The molecule has 3 N–H and O–H groups in total. The summed E-state index contributed by atoms with van der Waals surface area (Å²) in [7, 11) is -2.09. The van der Waals surface area contributed by atoms with E-state index in [2.05, 4.69) is 25.3 Å². The minimum atomic E-state index is -3.65. The fourth-order valence-electron chi connectivity index (χ4n) is 3.21. The minimum Gasteiger partial charge on any atom is -0.496 e. The van der Waals surface area contributed by atoms with Crippen LogP contribution in [0.1, 0.15) is 22.4 Å². The van der Waals surface area contributed by atoms with Crippen LogP contribution in [0.4, 0.5) is 17.5 Å². The van der Waals surface area contributed by atoms with Crippen LogP contribution in [0.5, 0.6) is 5.75 Å². The lowest BCUT2D eigenvalue weighted by Gasteiger charge is -2.13. The molecule has 0 fully saturated rings. The Morgan fingerprint density at radius 1 is 0.906 bits per heavy atom. The fraction of sp³-hybridized carbons (Fsp3) is 0.304. The molecule has 0 aliphatic heterocycles. The fourth-order valence-corrected chi connectivity index (χ4v) is 4.55. The molecule has 8 nitrogen and oxygen atoms in total. The molecule has 3 rings (SSSR count). The molecular formula is C23H29N5O3S. The summed E-state index contributed by atoms with van der Waals surface area (Å²) in [5.41, 5.74) is 4.29. The third-order valence-electron chi connectivity index (χ3n) is 4.86. The van der Waals surface area contributed by atoms with Crippen LogP contribution in [-0.4, -0.2) is 38.6 Å². The minimum absolute atomic E-state index is 0.185. The second-order valence-electron chi connectivity index (χ2n) is 7.62. The highest BCUT2D eigenvalue weighted by Gasteiger charge is 2.18. The van der Waals surface area contributed by atoms with Crippen molar-refractivity contribution < 1.29 is 13.2 Å². The Morgan fingerprint density at radius 2 is 1.62 bits per heavy atom. The van der Waals surface area contributed by atoms with Crippen molar-refractivity contribution in [3.05, 3.63) is 64.8 Å². The molecule has 0 saturated heterocycles. The van der Waals surface area contributed by atoms with E-state index in [0.29, 0.717) is 29.6 Å². The lowest BCUT2D eigenvalue weighted by molar-refractivity contribution is 0.411. The highest BCUT2D eigenvalue weighted by Crippen LogP contribution is 2.25. The quantitative estimate of drug-likeness (QED) is 0.421. The van der Waals surface area contributed by atoms with Crippen molar-refractivity contribution in [2.45, 2.75) is 32.6 Å². The molecule has 0 radical (unpaired) electrons. The summed E-state index contributed by atoms with van der Waals surface area (Å²) in [6.07, 6.45) is 0. The van der Waals surface area contributed by atoms with Gasteiger partial charge in [0.2, 0.25) is 16.0 Å². The number of sulfonamides is 1. The number of benzene rings is 2. The first-order chi connectivity index (χ1) is 15.2. The van der Waals surface area contributed by atoms with Gasteiger partial charge in [-0.3, -0.25) is 0 Å². The van der Waals surface area contributed by atoms with Gasteiger partial charge in [0.1, 0.15) is 11.6 Å². The highest BCUT2D eigenvalue weighted by atomic mass is 32.2. The number of aryl methyl sites for hydroxylation is 4. The Balaban J connectivity index is 1.61. The summed E-state index contributed by atoms with van der Waals surface area (Å²) in [6, 6.07) is 13.2. The van der Waals surface area contributed by atoms with Gasteiger partial charge in [0.25, 0.3) is 0 Å². The smallest absolute Gasteiger partial charge is 0.240 e. The van der Waals surface area contributed by atoms with Gasteiger partial charge >= 0.3 is 0 Å². The van der Waals surface area contributed by atoms with E-state index in [1.807, 2.05) is 51.1 Å². The van der Waals surface area contributed by atoms with Crippen molar-refractivity contribution in [3.63, 3.8) is 0 Å². The lowest BCUT2D eigenvalue weighted by Crippen LogP contribution is -2.29. The number of hydrogen-bond acceptors (Lipinski definition) is 7. The molecule has 0 saturated carbocycles. The Bertz CT molecular complexity index is 1190. The van der Waals surface area contributed by atoms with E-state index in [1.165, 1.54) is 5.56 Å². The highest BCUT2D eigenvalue weighted by molar-refractivity contribution is 7.89. The molecule has 0 aliphatic carbocycles. The molecular weight excluding hydrogens is 426 g/mol. The van der Waals surface area contributed by atoms with Crippen LogP contribution in [0.2, 0.25) is 0 Å². The number of hydrogen-bond donors (Lipinski definition) is 3. The van der Waals surface area contributed by atoms with E-state index in [-0.39, 0.29) is 11.4 Å². The maximum Gasteiger partial charge on any atom is 0.240 e. The van der Waals surface area contributed by atoms with E-state index in [9.17, 15) is 8.42 Å². The van der Waals surface area contributed by atoms with Crippen molar-refractivity contribution in [1.82, 2.24) is 14.7 Å². The van der Waals surface area contributed by atoms with E-state index in [1.54, 1.807) is 26.2 Å². The predicted molar refractivity (Wildman–Crippen MR) is 127 cm³/mol. The van der Waals surface area contributed by atoms with Crippen molar-refractivity contribution in [1.29, 1.82) is 0 Å². The molecule has 170 valence electrons. The van der Waals surface area contributed by atoms with Crippen LogP contribution in [0, 0.1) is 27.7 Å². The number of nitrogens with zero attached hydrogens (tertiary/aromatic N) is 2. The number of methoxy groups -OCH3 is 1. The van der Waals surface area contributed by atoms with E-state index in [4.69, 9.17) is 4.74 Å². The number of aromatic nitrogens is 2. The second kappa shape index (κ2) is 9.97. The van der Waals surface area contributed by atoms with Gasteiger partial charge in [-0.2, -0.15) is 4.98 Å². The number of anilines is 3. The van der Waals surface area contributed by atoms with Crippen molar-refractivity contribution in [2.24, 2.45) is 0 Å². The van der Waals surface area contributed by atoms with Gasteiger partial charge in [-0.25, -0.2) is 18.1 Å². The first-order valence-electron chi connectivity index (χ1n) is 10.3. The van der Waals surface area contributed by atoms with Crippen LogP contribution < -0.4 is 20.1 Å².